The van der Waals surface area contributed by atoms with Gasteiger partial charge in [-0.15, -0.1) is 0 Å². The summed E-state index contributed by atoms with van der Waals surface area (Å²) in [4.78, 5) is 13.9. The van der Waals surface area contributed by atoms with Crippen molar-refractivity contribution in [3.8, 4) is 17.2 Å². The highest BCUT2D eigenvalue weighted by atomic mass is 16.5. The molecular formula is C23H25NO5. The highest BCUT2D eigenvalue weighted by Gasteiger charge is 2.04. The van der Waals surface area contributed by atoms with Crippen LogP contribution in [-0.4, -0.2) is 47.2 Å². The third kappa shape index (κ3) is 6.86. The van der Waals surface area contributed by atoms with E-state index in [-0.39, 0.29) is 17.3 Å². The van der Waals surface area contributed by atoms with Gasteiger partial charge in [-0.05, 0) is 61.6 Å². The number of aromatic hydroxyl groups is 2. The highest BCUT2D eigenvalue weighted by molar-refractivity contribution is 6.02. The molecule has 0 heterocycles. The number of rotatable bonds is 8. The zero-order valence-corrected chi connectivity index (χ0v) is 16.7. The summed E-state index contributed by atoms with van der Waals surface area (Å²) in [6, 6.07) is 9.84. The first-order valence-corrected chi connectivity index (χ1v) is 8.93. The Hall–Kier alpha value is -3.51. The highest BCUT2D eigenvalue weighted by Crippen LogP contribution is 2.26. The van der Waals surface area contributed by atoms with Crippen molar-refractivity contribution in [2.24, 2.45) is 0 Å². The Labute approximate surface area is 170 Å². The molecule has 0 aliphatic rings. The van der Waals surface area contributed by atoms with Gasteiger partial charge in [-0.3, -0.25) is 4.79 Å². The number of hydrogen-bond acceptors (Lipinski definition) is 6. The van der Waals surface area contributed by atoms with Crippen molar-refractivity contribution >= 4 is 17.9 Å². The lowest BCUT2D eigenvalue weighted by atomic mass is 10.1. The Kier molecular flexibility index (Phi) is 7.62. The molecule has 29 heavy (non-hydrogen) atoms. The number of benzene rings is 2. The Morgan fingerprint density at radius 1 is 1.00 bits per heavy atom. The Bertz CT molecular complexity index is 958. The third-order valence-electron chi connectivity index (χ3n) is 3.97. The second kappa shape index (κ2) is 10.1. The lowest BCUT2D eigenvalue weighted by molar-refractivity contribution is -0.110. The summed E-state index contributed by atoms with van der Waals surface area (Å²) in [5.41, 5.74) is 2.23. The molecule has 0 unspecified atom stereocenters. The normalized spacial score (nSPS) is 12.2. The van der Waals surface area contributed by atoms with Crippen LogP contribution in [0.25, 0.3) is 12.2 Å². The van der Waals surface area contributed by atoms with Crippen molar-refractivity contribution in [1.29, 1.82) is 0 Å². The van der Waals surface area contributed by atoms with Crippen molar-refractivity contribution in [1.82, 2.24) is 4.90 Å². The van der Waals surface area contributed by atoms with E-state index in [1.807, 2.05) is 25.1 Å². The Morgan fingerprint density at radius 2 is 1.62 bits per heavy atom. The van der Waals surface area contributed by atoms with Gasteiger partial charge in [0.2, 0.25) is 0 Å². The maximum Gasteiger partial charge on any atom is 0.182 e. The molecule has 0 saturated carbocycles. The lowest BCUT2D eigenvalue weighted by Gasteiger charge is -2.11. The summed E-state index contributed by atoms with van der Waals surface area (Å²) in [6.45, 7) is 0.584. The summed E-state index contributed by atoms with van der Waals surface area (Å²) in [5.74, 6) is -0.0461. The van der Waals surface area contributed by atoms with Gasteiger partial charge in [0.1, 0.15) is 11.5 Å². The van der Waals surface area contributed by atoms with E-state index in [1.165, 1.54) is 25.3 Å². The van der Waals surface area contributed by atoms with Gasteiger partial charge < -0.3 is 25.0 Å². The molecule has 0 aliphatic carbocycles. The molecule has 3 N–H and O–H groups in total. The number of ketones is 1. The first-order chi connectivity index (χ1) is 13.8. The SMILES string of the molecule is COc1cc(/C=C/C(=O)C=C(O)/C=C/c2ccc(O)c(CN(C)C)c2)ccc1O. The van der Waals surface area contributed by atoms with Crippen molar-refractivity contribution in [2.75, 3.05) is 21.2 Å². The van der Waals surface area contributed by atoms with Crippen LogP contribution in [-0.2, 0) is 11.3 Å². The van der Waals surface area contributed by atoms with Crippen LogP contribution in [0.2, 0.25) is 0 Å². The van der Waals surface area contributed by atoms with Gasteiger partial charge in [0.25, 0.3) is 0 Å². The summed E-state index contributed by atoms with van der Waals surface area (Å²) in [7, 11) is 5.26. The van der Waals surface area contributed by atoms with E-state index in [0.717, 1.165) is 17.2 Å². The fraction of sp³-hybridized carbons (Fsp3) is 0.174. The number of carbonyl (C=O) groups excluding carboxylic acids is 1. The van der Waals surface area contributed by atoms with Gasteiger partial charge in [0, 0.05) is 18.2 Å². The van der Waals surface area contributed by atoms with E-state index in [9.17, 15) is 20.1 Å². The van der Waals surface area contributed by atoms with Crippen molar-refractivity contribution < 1.29 is 24.9 Å². The van der Waals surface area contributed by atoms with Gasteiger partial charge in [-0.2, -0.15) is 0 Å². The van der Waals surface area contributed by atoms with Crippen LogP contribution in [0, 0.1) is 0 Å². The monoisotopic (exact) mass is 395 g/mol. The molecule has 0 atom stereocenters. The standard InChI is InChI=1S/C23H25NO5/c1-24(2)15-18-12-16(6-10-21(18)27)4-8-19(25)14-20(26)9-5-17-7-11-22(28)23(13-17)29-3/h4-14,25,27-28H,15H2,1-3H3/b8-4+,9-5+,19-14?. The molecule has 0 aliphatic heterocycles. The average Bonchev–Trinajstić information content (AvgIpc) is 2.67. The minimum Gasteiger partial charge on any atom is -0.508 e. The summed E-state index contributed by atoms with van der Waals surface area (Å²) >= 11 is 0. The van der Waals surface area contributed by atoms with Crippen LogP contribution in [0.3, 0.4) is 0 Å². The van der Waals surface area contributed by atoms with Crippen LogP contribution < -0.4 is 4.74 Å². The number of allylic oxidation sites excluding steroid dienone is 3. The molecular weight excluding hydrogens is 370 g/mol. The number of aliphatic hydroxyl groups is 1. The summed E-state index contributed by atoms with van der Waals surface area (Å²) in [5, 5.41) is 29.4. The van der Waals surface area contributed by atoms with Crippen molar-refractivity contribution in [3.05, 3.63) is 77.1 Å². The van der Waals surface area contributed by atoms with E-state index in [1.54, 1.807) is 36.4 Å². The van der Waals surface area contributed by atoms with E-state index in [4.69, 9.17) is 4.74 Å². The molecule has 0 bridgehead atoms. The molecule has 0 saturated heterocycles. The number of carbonyl (C=O) groups is 1. The molecule has 0 aromatic heterocycles. The Balaban J connectivity index is 2.06. The largest absolute Gasteiger partial charge is 0.508 e. The molecule has 2 aromatic rings. The quantitative estimate of drug-likeness (QED) is 0.357. The van der Waals surface area contributed by atoms with E-state index < -0.39 is 5.78 Å². The number of ether oxygens (including phenoxy) is 1. The predicted octanol–water partition coefficient (Wildman–Crippen LogP) is 3.91. The van der Waals surface area contributed by atoms with E-state index in [2.05, 4.69) is 0 Å². The second-order valence-electron chi connectivity index (χ2n) is 6.70. The molecule has 0 amide bonds. The van der Waals surface area contributed by atoms with Crippen LogP contribution in [0.15, 0.2) is 60.4 Å². The van der Waals surface area contributed by atoms with Crippen LogP contribution in [0.1, 0.15) is 16.7 Å². The maximum absolute atomic E-state index is 12.0. The van der Waals surface area contributed by atoms with Crippen molar-refractivity contribution in [3.63, 3.8) is 0 Å². The number of phenolic OH excluding ortho intramolecular Hbond substituents is 2. The summed E-state index contributed by atoms with van der Waals surface area (Å²) < 4.78 is 5.02. The first kappa shape index (κ1) is 21.8. The zero-order valence-electron chi connectivity index (χ0n) is 16.7. The molecule has 152 valence electrons. The minimum atomic E-state index is -0.391. The fourth-order valence-electron chi connectivity index (χ4n) is 2.58. The van der Waals surface area contributed by atoms with Gasteiger partial charge >= 0.3 is 0 Å². The number of aliphatic hydroxyl groups excluding tert-OH is 1. The minimum absolute atomic E-state index is 0.0154. The third-order valence-corrected chi connectivity index (χ3v) is 3.97. The molecule has 0 radical (unpaired) electrons. The number of nitrogens with zero attached hydrogens (tertiary/aromatic N) is 1. The molecule has 6 nitrogen and oxygen atoms in total. The maximum atomic E-state index is 12.0. The fourth-order valence-corrected chi connectivity index (χ4v) is 2.58. The number of methoxy groups -OCH3 is 1. The predicted molar refractivity (Wildman–Crippen MR) is 114 cm³/mol. The van der Waals surface area contributed by atoms with Gasteiger partial charge in [0.05, 0.1) is 7.11 Å². The zero-order chi connectivity index (χ0) is 21.4. The molecule has 0 spiro atoms. The first-order valence-electron chi connectivity index (χ1n) is 8.93. The van der Waals surface area contributed by atoms with Crippen molar-refractivity contribution in [2.45, 2.75) is 6.54 Å². The molecule has 0 fully saturated rings. The van der Waals surface area contributed by atoms with E-state index >= 15 is 0 Å². The van der Waals surface area contributed by atoms with Gasteiger partial charge in [-0.25, -0.2) is 0 Å². The second-order valence-corrected chi connectivity index (χ2v) is 6.70. The van der Waals surface area contributed by atoms with Crippen LogP contribution in [0.5, 0.6) is 17.2 Å². The van der Waals surface area contributed by atoms with Gasteiger partial charge in [0.15, 0.2) is 17.3 Å². The molecule has 6 heteroatoms. The average molecular weight is 395 g/mol. The molecule has 2 rings (SSSR count). The number of hydrogen-bond donors (Lipinski definition) is 3. The molecule has 2 aromatic carbocycles. The number of phenols is 2. The smallest absolute Gasteiger partial charge is 0.182 e. The van der Waals surface area contributed by atoms with Crippen LogP contribution in [0.4, 0.5) is 0 Å². The van der Waals surface area contributed by atoms with Gasteiger partial charge in [-0.1, -0.05) is 24.3 Å². The van der Waals surface area contributed by atoms with E-state index in [0.29, 0.717) is 17.9 Å². The Morgan fingerprint density at radius 3 is 2.28 bits per heavy atom. The topological polar surface area (TPSA) is 90.2 Å². The van der Waals surface area contributed by atoms with Crippen LogP contribution >= 0.6 is 0 Å². The summed E-state index contributed by atoms with van der Waals surface area (Å²) in [6.07, 6.45) is 7.05. The lowest BCUT2D eigenvalue weighted by Crippen LogP contribution is -2.10.